The van der Waals surface area contributed by atoms with E-state index >= 15 is 0 Å². The summed E-state index contributed by atoms with van der Waals surface area (Å²) in [6.07, 6.45) is 8.85. The van der Waals surface area contributed by atoms with Crippen LogP contribution in [0.25, 0.3) is 5.69 Å². The Kier molecular flexibility index (Phi) is 5.28. The van der Waals surface area contributed by atoms with Crippen LogP contribution in [0.2, 0.25) is 0 Å². The third kappa shape index (κ3) is 4.17. The SMILES string of the molecule is O=C(Cc1ccc(-n2cccc2)cc1)NC1CCN(C(=O)c2ccoc2)CC1. The molecule has 6 nitrogen and oxygen atoms in total. The van der Waals surface area contributed by atoms with Crippen molar-refractivity contribution in [2.75, 3.05) is 13.1 Å². The van der Waals surface area contributed by atoms with Gasteiger partial charge in [-0.1, -0.05) is 12.1 Å². The van der Waals surface area contributed by atoms with Gasteiger partial charge >= 0.3 is 0 Å². The van der Waals surface area contributed by atoms with Gasteiger partial charge in [-0.05, 0) is 48.7 Å². The summed E-state index contributed by atoms with van der Waals surface area (Å²) in [4.78, 5) is 26.5. The summed E-state index contributed by atoms with van der Waals surface area (Å²) in [7, 11) is 0. The standard InChI is InChI=1S/C22H23N3O3/c26-21(15-17-3-5-20(6-4-17)24-10-1-2-11-24)23-19-7-12-25(13-8-19)22(27)18-9-14-28-16-18/h1-6,9-11,14,16,19H,7-8,12-13,15H2,(H,23,26). The van der Waals surface area contributed by atoms with E-state index < -0.39 is 0 Å². The molecule has 3 aromatic rings. The molecule has 3 heterocycles. The van der Waals surface area contributed by atoms with Gasteiger partial charge in [0.1, 0.15) is 6.26 Å². The first-order valence-electron chi connectivity index (χ1n) is 9.52. The van der Waals surface area contributed by atoms with Gasteiger partial charge in [0.05, 0.1) is 18.2 Å². The second-order valence-electron chi connectivity index (χ2n) is 7.08. The van der Waals surface area contributed by atoms with Crippen LogP contribution >= 0.6 is 0 Å². The van der Waals surface area contributed by atoms with Crippen molar-refractivity contribution < 1.29 is 14.0 Å². The zero-order valence-electron chi connectivity index (χ0n) is 15.6. The molecule has 1 saturated heterocycles. The number of carbonyl (C=O) groups is 2. The van der Waals surface area contributed by atoms with Crippen LogP contribution < -0.4 is 5.32 Å². The van der Waals surface area contributed by atoms with Crippen LogP contribution in [-0.4, -0.2) is 40.4 Å². The van der Waals surface area contributed by atoms with Gasteiger partial charge in [0.15, 0.2) is 0 Å². The fourth-order valence-corrected chi connectivity index (χ4v) is 3.55. The number of benzene rings is 1. The molecule has 0 aliphatic carbocycles. The minimum Gasteiger partial charge on any atom is -0.472 e. The number of carbonyl (C=O) groups excluding carboxylic acids is 2. The van der Waals surface area contributed by atoms with Crippen LogP contribution in [0.5, 0.6) is 0 Å². The molecule has 1 aliphatic heterocycles. The maximum Gasteiger partial charge on any atom is 0.257 e. The first kappa shape index (κ1) is 18.1. The van der Waals surface area contributed by atoms with Crippen LogP contribution in [-0.2, 0) is 11.2 Å². The van der Waals surface area contributed by atoms with Crippen LogP contribution in [0, 0.1) is 0 Å². The molecule has 0 saturated carbocycles. The molecule has 4 rings (SSSR count). The van der Waals surface area contributed by atoms with Gasteiger partial charge in [0, 0.05) is 37.2 Å². The lowest BCUT2D eigenvalue weighted by Crippen LogP contribution is -2.46. The van der Waals surface area contributed by atoms with Crippen LogP contribution in [0.15, 0.2) is 71.8 Å². The summed E-state index contributed by atoms with van der Waals surface area (Å²) in [6, 6.07) is 13.8. The number of nitrogens with one attached hydrogen (secondary N) is 1. The van der Waals surface area contributed by atoms with Gasteiger partial charge < -0.3 is 19.2 Å². The maximum absolute atomic E-state index is 12.4. The lowest BCUT2D eigenvalue weighted by molar-refractivity contribution is -0.121. The second-order valence-corrected chi connectivity index (χ2v) is 7.08. The van der Waals surface area contributed by atoms with Gasteiger partial charge in [-0.3, -0.25) is 9.59 Å². The van der Waals surface area contributed by atoms with Crippen molar-refractivity contribution >= 4 is 11.8 Å². The number of furan rings is 1. The molecule has 0 bridgehead atoms. The number of hydrogen-bond donors (Lipinski definition) is 1. The van der Waals surface area contributed by atoms with Gasteiger partial charge in [0.25, 0.3) is 5.91 Å². The van der Waals surface area contributed by atoms with E-state index in [1.807, 2.05) is 58.3 Å². The van der Waals surface area contributed by atoms with E-state index in [9.17, 15) is 9.59 Å². The number of amides is 2. The minimum atomic E-state index is -0.0127. The topological polar surface area (TPSA) is 67.5 Å². The van der Waals surface area contributed by atoms with Crippen LogP contribution in [0.4, 0.5) is 0 Å². The van der Waals surface area contributed by atoms with Crippen molar-refractivity contribution in [1.29, 1.82) is 0 Å². The quantitative estimate of drug-likeness (QED) is 0.743. The highest BCUT2D eigenvalue weighted by Crippen LogP contribution is 2.15. The summed E-state index contributed by atoms with van der Waals surface area (Å²) in [5, 5.41) is 3.10. The fourth-order valence-electron chi connectivity index (χ4n) is 3.55. The molecule has 0 atom stereocenters. The van der Waals surface area contributed by atoms with Crippen LogP contribution in [0.1, 0.15) is 28.8 Å². The lowest BCUT2D eigenvalue weighted by atomic mass is 10.0. The van der Waals surface area contributed by atoms with E-state index in [0.29, 0.717) is 25.1 Å². The Labute approximate surface area is 163 Å². The molecule has 1 aromatic carbocycles. The molecule has 28 heavy (non-hydrogen) atoms. The van der Waals surface area contributed by atoms with E-state index in [1.165, 1.54) is 12.5 Å². The Hall–Kier alpha value is -3.28. The summed E-state index contributed by atoms with van der Waals surface area (Å²) >= 11 is 0. The number of aromatic nitrogens is 1. The minimum absolute atomic E-state index is 0.0127. The Morgan fingerprint density at radius 1 is 1.04 bits per heavy atom. The fraction of sp³-hybridized carbons (Fsp3) is 0.273. The highest BCUT2D eigenvalue weighted by molar-refractivity contribution is 5.93. The molecular formula is C22H23N3O3. The van der Waals surface area contributed by atoms with E-state index in [4.69, 9.17) is 4.42 Å². The Balaban J connectivity index is 1.25. The molecule has 0 unspecified atom stereocenters. The Bertz CT molecular complexity index is 907. The van der Waals surface area contributed by atoms with E-state index in [0.717, 1.165) is 24.1 Å². The highest BCUT2D eigenvalue weighted by Gasteiger charge is 2.25. The monoisotopic (exact) mass is 377 g/mol. The molecule has 2 aromatic heterocycles. The first-order chi connectivity index (χ1) is 13.7. The van der Waals surface area contributed by atoms with Crippen molar-refractivity contribution in [3.05, 3.63) is 78.5 Å². The average molecular weight is 377 g/mol. The molecule has 1 fully saturated rings. The Morgan fingerprint density at radius 2 is 1.75 bits per heavy atom. The average Bonchev–Trinajstić information content (AvgIpc) is 3.43. The van der Waals surface area contributed by atoms with Gasteiger partial charge in [0.2, 0.25) is 5.91 Å². The maximum atomic E-state index is 12.4. The molecule has 6 heteroatoms. The second kappa shape index (κ2) is 8.17. The van der Waals surface area contributed by atoms with Gasteiger partial charge in [-0.2, -0.15) is 0 Å². The largest absolute Gasteiger partial charge is 0.472 e. The zero-order chi connectivity index (χ0) is 19.3. The summed E-state index contributed by atoms with van der Waals surface area (Å²) in [5.74, 6) is 0.00892. The molecule has 1 N–H and O–H groups in total. The number of likely N-dealkylation sites (tertiary alicyclic amines) is 1. The van der Waals surface area contributed by atoms with E-state index in [1.54, 1.807) is 6.07 Å². The normalized spacial score (nSPS) is 14.8. The molecule has 1 aliphatic rings. The zero-order valence-corrected chi connectivity index (χ0v) is 15.6. The number of rotatable bonds is 5. The van der Waals surface area contributed by atoms with Crippen molar-refractivity contribution in [2.45, 2.75) is 25.3 Å². The third-order valence-corrected chi connectivity index (χ3v) is 5.12. The van der Waals surface area contributed by atoms with E-state index in [2.05, 4.69) is 5.32 Å². The van der Waals surface area contributed by atoms with E-state index in [-0.39, 0.29) is 17.9 Å². The first-order valence-corrected chi connectivity index (χ1v) is 9.52. The van der Waals surface area contributed by atoms with Crippen molar-refractivity contribution in [3.8, 4) is 5.69 Å². The Morgan fingerprint density at radius 3 is 2.39 bits per heavy atom. The number of nitrogens with zero attached hydrogens (tertiary/aromatic N) is 2. The van der Waals surface area contributed by atoms with Gasteiger partial charge in [-0.15, -0.1) is 0 Å². The highest BCUT2D eigenvalue weighted by atomic mass is 16.3. The molecule has 2 amide bonds. The number of hydrogen-bond acceptors (Lipinski definition) is 3. The van der Waals surface area contributed by atoms with Crippen molar-refractivity contribution in [3.63, 3.8) is 0 Å². The van der Waals surface area contributed by atoms with Crippen molar-refractivity contribution in [2.24, 2.45) is 0 Å². The van der Waals surface area contributed by atoms with Crippen LogP contribution in [0.3, 0.4) is 0 Å². The van der Waals surface area contributed by atoms with Gasteiger partial charge in [-0.25, -0.2) is 0 Å². The molecular weight excluding hydrogens is 354 g/mol. The molecule has 0 spiro atoms. The smallest absolute Gasteiger partial charge is 0.257 e. The summed E-state index contributed by atoms with van der Waals surface area (Å²) in [5.41, 5.74) is 2.63. The predicted octanol–water partition coefficient (Wildman–Crippen LogP) is 3.03. The predicted molar refractivity (Wildman–Crippen MR) is 105 cm³/mol. The lowest BCUT2D eigenvalue weighted by Gasteiger charge is -2.32. The molecule has 144 valence electrons. The summed E-state index contributed by atoms with van der Waals surface area (Å²) < 4.78 is 7.01. The third-order valence-electron chi connectivity index (χ3n) is 5.12. The van der Waals surface area contributed by atoms with Crippen molar-refractivity contribution in [1.82, 2.24) is 14.8 Å². The molecule has 0 radical (unpaired) electrons. The number of piperidine rings is 1. The summed E-state index contributed by atoms with van der Waals surface area (Å²) in [6.45, 7) is 1.28.